The maximum atomic E-state index is 11.7. The number of nitrogens with one attached hydrogen (secondary N) is 1. The van der Waals surface area contributed by atoms with Crippen molar-refractivity contribution in [3.8, 4) is 0 Å². The van der Waals surface area contributed by atoms with Crippen LogP contribution in [0.4, 0.5) is 10.5 Å². The Balaban J connectivity index is 1.82. The van der Waals surface area contributed by atoms with E-state index in [4.69, 9.17) is 4.74 Å². The van der Waals surface area contributed by atoms with Crippen LogP contribution >= 0.6 is 0 Å². The minimum atomic E-state index is -0.449. The first-order valence-corrected chi connectivity index (χ1v) is 7.42. The summed E-state index contributed by atoms with van der Waals surface area (Å²) in [4.78, 5) is 22.0. The van der Waals surface area contributed by atoms with Gasteiger partial charge in [0.15, 0.2) is 0 Å². The number of nitro groups is 1. The van der Waals surface area contributed by atoms with E-state index in [1.807, 2.05) is 20.8 Å². The van der Waals surface area contributed by atoms with E-state index in [1.165, 1.54) is 12.4 Å². The fourth-order valence-electron chi connectivity index (χ4n) is 2.54. The summed E-state index contributed by atoms with van der Waals surface area (Å²) in [6, 6.07) is 0.124. The third kappa shape index (κ3) is 4.44. The number of nitrogens with zero attached hydrogens (tertiary/aromatic N) is 3. The van der Waals surface area contributed by atoms with Gasteiger partial charge in [-0.2, -0.15) is 5.10 Å². The Morgan fingerprint density at radius 1 is 1.41 bits per heavy atom. The molecule has 0 aliphatic heterocycles. The molecule has 122 valence electrons. The fraction of sp³-hybridized carbons (Fsp3) is 0.714. The van der Waals surface area contributed by atoms with E-state index in [9.17, 15) is 14.9 Å². The van der Waals surface area contributed by atoms with Crippen LogP contribution in [0.15, 0.2) is 12.4 Å². The molecule has 0 aromatic carbocycles. The molecule has 1 aliphatic rings. The number of rotatable bonds is 3. The summed E-state index contributed by atoms with van der Waals surface area (Å²) in [5, 5.41) is 17.5. The number of aromatic nitrogens is 2. The molecule has 1 aromatic rings. The molecule has 0 saturated heterocycles. The predicted molar refractivity (Wildman–Crippen MR) is 79.5 cm³/mol. The SMILES string of the molecule is CC(C)(C)NC(=O)OC1CCC(n2cc([N+](=O)[O-])cn2)CC1. The van der Waals surface area contributed by atoms with Gasteiger partial charge in [-0.3, -0.25) is 14.8 Å². The van der Waals surface area contributed by atoms with Crippen molar-refractivity contribution in [2.45, 2.75) is 64.1 Å². The normalized spacial score (nSPS) is 22.1. The standard InChI is InChI=1S/C14H22N4O4/c1-14(2,3)16-13(19)22-12-6-4-10(5-7-12)17-9-11(8-15-17)18(20)21/h8-10,12H,4-7H2,1-3H3,(H,16,19). The molecule has 0 bridgehead atoms. The third-order valence-corrected chi connectivity index (χ3v) is 3.57. The van der Waals surface area contributed by atoms with E-state index in [0.29, 0.717) is 0 Å². The molecular weight excluding hydrogens is 288 g/mol. The van der Waals surface area contributed by atoms with Crippen molar-refractivity contribution in [1.29, 1.82) is 0 Å². The van der Waals surface area contributed by atoms with Gasteiger partial charge in [0.05, 0.1) is 11.0 Å². The second-order valence-electron chi connectivity index (χ2n) is 6.65. The van der Waals surface area contributed by atoms with Crippen LogP contribution < -0.4 is 5.32 Å². The zero-order valence-corrected chi connectivity index (χ0v) is 13.1. The summed E-state index contributed by atoms with van der Waals surface area (Å²) in [6.45, 7) is 5.70. The molecule has 2 rings (SSSR count). The number of ether oxygens (including phenoxy) is 1. The van der Waals surface area contributed by atoms with Crippen molar-refractivity contribution in [3.63, 3.8) is 0 Å². The van der Waals surface area contributed by atoms with E-state index in [-0.39, 0.29) is 23.4 Å². The van der Waals surface area contributed by atoms with Crippen molar-refractivity contribution < 1.29 is 14.5 Å². The maximum absolute atomic E-state index is 11.7. The molecule has 1 amide bonds. The summed E-state index contributed by atoms with van der Waals surface area (Å²) >= 11 is 0. The highest BCUT2D eigenvalue weighted by Gasteiger charge is 2.27. The molecule has 0 spiro atoms. The van der Waals surface area contributed by atoms with Crippen LogP contribution in [0.2, 0.25) is 0 Å². The van der Waals surface area contributed by atoms with Gasteiger partial charge < -0.3 is 10.1 Å². The lowest BCUT2D eigenvalue weighted by molar-refractivity contribution is -0.385. The van der Waals surface area contributed by atoms with E-state index < -0.39 is 11.0 Å². The molecule has 1 aromatic heterocycles. The first-order chi connectivity index (χ1) is 10.2. The topological polar surface area (TPSA) is 99.3 Å². The Morgan fingerprint density at radius 3 is 2.55 bits per heavy atom. The van der Waals surface area contributed by atoms with E-state index in [1.54, 1.807) is 4.68 Å². The van der Waals surface area contributed by atoms with Gasteiger partial charge in [0.2, 0.25) is 0 Å². The van der Waals surface area contributed by atoms with Gasteiger partial charge in [0.25, 0.3) is 0 Å². The summed E-state index contributed by atoms with van der Waals surface area (Å²) in [7, 11) is 0. The Bertz CT molecular complexity index is 541. The first-order valence-electron chi connectivity index (χ1n) is 7.42. The third-order valence-electron chi connectivity index (χ3n) is 3.57. The van der Waals surface area contributed by atoms with Gasteiger partial charge in [-0.1, -0.05) is 0 Å². The highest BCUT2D eigenvalue weighted by atomic mass is 16.6. The molecule has 0 unspecified atom stereocenters. The second-order valence-corrected chi connectivity index (χ2v) is 6.65. The molecule has 0 radical (unpaired) electrons. The van der Waals surface area contributed by atoms with Gasteiger partial charge in [-0.25, -0.2) is 4.79 Å². The van der Waals surface area contributed by atoms with Crippen molar-refractivity contribution in [2.24, 2.45) is 0 Å². The van der Waals surface area contributed by atoms with E-state index in [0.717, 1.165) is 25.7 Å². The Hall–Kier alpha value is -2.12. The molecule has 1 aliphatic carbocycles. The average molecular weight is 310 g/mol. The van der Waals surface area contributed by atoms with Gasteiger partial charge in [-0.05, 0) is 46.5 Å². The summed E-state index contributed by atoms with van der Waals surface area (Å²) in [5.41, 5.74) is -0.314. The van der Waals surface area contributed by atoms with E-state index >= 15 is 0 Å². The Labute approximate surface area is 129 Å². The maximum Gasteiger partial charge on any atom is 0.407 e. The fourth-order valence-corrected chi connectivity index (χ4v) is 2.54. The number of alkyl carbamates (subject to hydrolysis) is 1. The van der Waals surface area contributed by atoms with Crippen LogP contribution in [0.1, 0.15) is 52.5 Å². The molecule has 22 heavy (non-hydrogen) atoms. The molecule has 1 N–H and O–H groups in total. The van der Waals surface area contributed by atoms with Crippen LogP contribution in [0.5, 0.6) is 0 Å². The highest BCUT2D eigenvalue weighted by molar-refractivity contribution is 5.68. The summed E-state index contributed by atoms with van der Waals surface area (Å²) < 4.78 is 7.05. The van der Waals surface area contributed by atoms with Gasteiger partial charge in [0.1, 0.15) is 18.5 Å². The van der Waals surface area contributed by atoms with Gasteiger partial charge in [0, 0.05) is 5.54 Å². The molecule has 8 heteroatoms. The van der Waals surface area contributed by atoms with Crippen LogP contribution in [0, 0.1) is 10.1 Å². The molecule has 1 saturated carbocycles. The van der Waals surface area contributed by atoms with Crippen LogP contribution in [0.25, 0.3) is 0 Å². The first kappa shape index (κ1) is 16.3. The van der Waals surface area contributed by atoms with Crippen LogP contribution in [-0.2, 0) is 4.74 Å². The van der Waals surface area contributed by atoms with Crippen molar-refractivity contribution in [1.82, 2.24) is 15.1 Å². The largest absolute Gasteiger partial charge is 0.446 e. The molecule has 1 heterocycles. The van der Waals surface area contributed by atoms with Crippen LogP contribution in [-0.4, -0.2) is 32.4 Å². The molecule has 1 fully saturated rings. The van der Waals surface area contributed by atoms with Crippen molar-refractivity contribution in [2.75, 3.05) is 0 Å². The van der Waals surface area contributed by atoms with Gasteiger partial charge >= 0.3 is 11.8 Å². The molecule has 0 atom stereocenters. The lowest BCUT2D eigenvalue weighted by Gasteiger charge is -2.29. The minimum absolute atomic E-state index is 0.00271. The average Bonchev–Trinajstić information content (AvgIpc) is 2.87. The van der Waals surface area contributed by atoms with E-state index in [2.05, 4.69) is 10.4 Å². The predicted octanol–water partition coefficient (Wildman–Crippen LogP) is 2.80. The summed E-state index contributed by atoms with van der Waals surface area (Å²) in [5.74, 6) is 0. The minimum Gasteiger partial charge on any atom is -0.446 e. The lowest BCUT2D eigenvalue weighted by Crippen LogP contribution is -2.42. The number of amides is 1. The second kappa shape index (κ2) is 6.33. The number of hydrogen-bond donors (Lipinski definition) is 1. The smallest absolute Gasteiger partial charge is 0.407 e. The van der Waals surface area contributed by atoms with Gasteiger partial charge in [-0.15, -0.1) is 0 Å². The lowest BCUT2D eigenvalue weighted by atomic mass is 9.93. The zero-order chi connectivity index (χ0) is 16.3. The number of carbonyl (C=O) groups is 1. The Kier molecular flexibility index (Phi) is 4.68. The summed E-state index contributed by atoms with van der Waals surface area (Å²) in [6.07, 6.45) is 5.25. The number of hydrogen-bond acceptors (Lipinski definition) is 5. The zero-order valence-electron chi connectivity index (χ0n) is 13.1. The highest BCUT2D eigenvalue weighted by Crippen LogP contribution is 2.30. The van der Waals surface area contributed by atoms with Crippen molar-refractivity contribution in [3.05, 3.63) is 22.5 Å². The number of carbonyl (C=O) groups excluding carboxylic acids is 1. The quantitative estimate of drug-likeness (QED) is 0.683. The Morgan fingerprint density at radius 2 is 2.05 bits per heavy atom. The van der Waals surface area contributed by atoms with Crippen molar-refractivity contribution >= 4 is 11.8 Å². The van der Waals surface area contributed by atoms with Crippen LogP contribution in [0.3, 0.4) is 0 Å². The molecular formula is C14H22N4O4. The monoisotopic (exact) mass is 310 g/mol. The molecule has 8 nitrogen and oxygen atoms in total.